The summed E-state index contributed by atoms with van der Waals surface area (Å²) in [5.41, 5.74) is 3.73. The molecule has 0 radical (unpaired) electrons. The monoisotopic (exact) mass is 307 g/mol. The number of hydrogen-bond donors (Lipinski definition) is 1. The molecule has 3 heteroatoms. The molecule has 0 bridgehead atoms. The Labute approximate surface area is 117 Å². The predicted octanol–water partition coefficient (Wildman–Crippen LogP) is 4.44. The van der Waals surface area contributed by atoms with E-state index >= 15 is 0 Å². The molecule has 0 aliphatic heterocycles. The molecule has 1 aromatic carbocycles. The molecule has 2 nitrogen and oxygen atoms in total. The van der Waals surface area contributed by atoms with E-state index in [4.69, 9.17) is 4.42 Å². The highest BCUT2D eigenvalue weighted by Gasteiger charge is 2.17. The second-order valence-electron chi connectivity index (χ2n) is 4.40. The minimum atomic E-state index is 0.196. The van der Waals surface area contributed by atoms with Crippen molar-refractivity contribution in [2.24, 2.45) is 0 Å². The molecule has 1 heterocycles. The average molecular weight is 308 g/mol. The Hall–Kier alpha value is -1.06. The Bertz CT molecular complexity index is 493. The highest BCUT2D eigenvalue weighted by molar-refractivity contribution is 9.10. The zero-order chi connectivity index (χ0) is 13.0. The maximum absolute atomic E-state index is 5.22. The zero-order valence-electron chi connectivity index (χ0n) is 10.7. The molecule has 96 valence electrons. The van der Waals surface area contributed by atoms with Crippen LogP contribution in [0.4, 0.5) is 0 Å². The van der Waals surface area contributed by atoms with Gasteiger partial charge >= 0.3 is 0 Å². The first-order valence-corrected chi connectivity index (χ1v) is 7.03. The molecule has 18 heavy (non-hydrogen) atoms. The second kappa shape index (κ2) is 6.21. The normalized spacial score (nSPS) is 12.6. The third-order valence-corrected chi connectivity index (χ3v) is 3.95. The summed E-state index contributed by atoms with van der Waals surface area (Å²) in [6.45, 7) is 5.30. The summed E-state index contributed by atoms with van der Waals surface area (Å²) in [5, 5.41) is 3.58. The molecule has 1 aromatic heterocycles. The van der Waals surface area contributed by atoms with Crippen LogP contribution in [0.5, 0.6) is 0 Å². The Balaban J connectivity index is 2.37. The number of rotatable bonds is 5. The summed E-state index contributed by atoms with van der Waals surface area (Å²) in [6, 6.07) is 8.54. The molecule has 0 amide bonds. The fourth-order valence-electron chi connectivity index (χ4n) is 2.07. The van der Waals surface area contributed by atoms with E-state index in [1.807, 2.05) is 12.3 Å². The number of halogens is 1. The lowest BCUT2D eigenvalue weighted by molar-refractivity contribution is 0.547. The van der Waals surface area contributed by atoms with Crippen molar-refractivity contribution in [3.05, 3.63) is 58.0 Å². The van der Waals surface area contributed by atoms with Crippen LogP contribution in [0.1, 0.15) is 36.1 Å². The van der Waals surface area contributed by atoms with Crippen LogP contribution in [0.3, 0.4) is 0 Å². The topological polar surface area (TPSA) is 25.2 Å². The molecule has 0 saturated heterocycles. The molecule has 1 N–H and O–H groups in total. The quantitative estimate of drug-likeness (QED) is 0.883. The lowest BCUT2D eigenvalue weighted by Crippen LogP contribution is -2.23. The molecular formula is C15H18BrNO. The number of nitrogens with one attached hydrogen (secondary N) is 1. The highest BCUT2D eigenvalue weighted by Crippen LogP contribution is 2.29. The van der Waals surface area contributed by atoms with Crippen molar-refractivity contribution in [3.63, 3.8) is 0 Å². The molecule has 1 atom stereocenters. The van der Waals surface area contributed by atoms with Gasteiger partial charge in [-0.15, -0.1) is 0 Å². The Morgan fingerprint density at radius 2 is 2.17 bits per heavy atom. The van der Waals surface area contributed by atoms with Crippen LogP contribution < -0.4 is 5.32 Å². The molecule has 0 saturated carbocycles. The van der Waals surface area contributed by atoms with Crippen LogP contribution in [-0.4, -0.2) is 6.54 Å². The van der Waals surface area contributed by atoms with Gasteiger partial charge in [-0.25, -0.2) is 0 Å². The largest absolute Gasteiger partial charge is 0.472 e. The SMILES string of the molecule is CCCNC(c1ccoc1)c1cccc(Br)c1C. The lowest BCUT2D eigenvalue weighted by atomic mass is 9.97. The molecule has 1 unspecified atom stereocenters. The number of benzene rings is 1. The molecule has 2 rings (SSSR count). The van der Waals surface area contributed by atoms with E-state index < -0.39 is 0 Å². The molecule has 0 aliphatic rings. The van der Waals surface area contributed by atoms with Gasteiger partial charge in [0.05, 0.1) is 18.6 Å². The summed E-state index contributed by atoms with van der Waals surface area (Å²) in [5.74, 6) is 0. The molecule has 0 spiro atoms. The predicted molar refractivity (Wildman–Crippen MR) is 77.7 cm³/mol. The van der Waals surface area contributed by atoms with Gasteiger partial charge in [-0.1, -0.05) is 35.0 Å². The zero-order valence-corrected chi connectivity index (χ0v) is 12.3. The molecule has 0 fully saturated rings. The van der Waals surface area contributed by atoms with Gasteiger partial charge in [0.2, 0.25) is 0 Å². The fourth-order valence-corrected chi connectivity index (χ4v) is 2.45. The Morgan fingerprint density at radius 3 is 2.83 bits per heavy atom. The van der Waals surface area contributed by atoms with Crippen LogP contribution in [0.25, 0.3) is 0 Å². The summed E-state index contributed by atoms with van der Waals surface area (Å²) in [7, 11) is 0. The standard InChI is InChI=1S/C15H18BrNO/c1-3-8-17-15(12-7-9-18-10-12)13-5-4-6-14(16)11(13)2/h4-7,9-10,15,17H,3,8H2,1-2H3. The van der Waals surface area contributed by atoms with Crippen LogP contribution in [0.15, 0.2) is 45.7 Å². The third kappa shape index (κ3) is 2.85. The summed E-state index contributed by atoms with van der Waals surface area (Å²) >= 11 is 3.59. The van der Waals surface area contributed by atoms with Gasteiger partial charge in [0.15, 0.2) is 0 Å². The first kappa shape index (κ1) is 13.4. The van der Waals surface area contributed by atoms with Crippen LogP contribution in [0.2, 0.25) is 0 Å². The van der Waals surface area contributed by atoms with Crippen molar-refractivity contribution < 1.29 is 4.42 Å². The van der Waals surface area contributed by atoms with E-state index in [1.165, 1.54) is 16.7 Å². The second-order valence-corrected chi connectivity index (χ2v) is 5.25. The molecule has 0 aliphatic carbocycles. The van der Waals surface area contributed by atoms with E-state index in [1.54, 1.807) is 6.26 Å². The van der Waals surface area contributed by atoms with Crippen LogP contribution >= 0.6 is 15.9 Å². The molecule has 2 aromatic rings. The van der Waals surface area contributed by atoms with Crippen LogP contribution in [-0.2, 0) is 0 Å². The summed E-state index contributed by atoms with van der Waals surface area (Å²) in [6.07, 6.45) is 4.65. The van der Waals surface area contributed by atoms with Gasteiger partial charge in [0.1, 0.15) is 0 Å². The van der Waals surface area contributed by atoms with Crippen LogP contribution in [0, 0.1) is 6.92 Å². The van der Waals surface area contributed by atoms with E-state index in [2.05, 4.69) is 53.3 Å². The van der Waals surface area contributed by atoms with Gasteiger partial charge < -0.3 is 9.73 Å². The third-order valence-electron chi connectivity index (χ3n) is 3.10. The van der Waals surface area contributed by atoms with Crippen molar-refractivity contribution in [1.82, 2.24) is 5.32 Å². The maximum Gasteiger partial charge on any atom is 0.0953 e. The lowest BCUT2D eigenvalue weighted by Gasteiger charge is -2.20. The van der Waals surface area contributed by atoms with E-state index in [0.29, 0.717) is 0 Å². The van der Waals surface area contributed by atoms with Gasteiger partial charge in [0.25, 0.3) is 0 Å². The number of hydrogen-bond acceptors (Lipinski definition) is 2. The Kier molecular flexibility index (Phi) is 4.61. The summed E-state index contributed by atoms with van der Waals surface area (Å²) < 4.78 is 6.36. The first-order valence-electron chi connectivity index (χ1n) is 6.24. The highest BCUT2D eigenvalue weighted by atomic mass is 79.9. The fraction of sp³-hybridized carbons (Fsp3) is 0.333. The van der Waals surface area contributed by atoms with Gasteiger partial charge in [-0.05, 0) is 43.1 Å². The smallest absolute Gasteiger partial charge is 0.0953 e. The Morgan fingerprint density at radius 1 is 1.33 bits per heavy atom. The maximum atomic E-state index is 5.22. The van der Waals surface area contributed by atoms with Gasteiger partial charge in [0, 0.05) is 10.0 Å². The van der Waals surface area contributed by atoms with E-state index in [-0.39, 0.29) is 6.04 Å². The van der Waals surface area contributed by atoms with Crippen molar-refractivity contribution in [1.29, 1.82) is 0 Å². The minimum absolute atomic E-state index is 0.196. The van der Waals surface area contributed by atoms with Gasteiger partial charge in [-0.3, -0.25) is 0 Å². The van der Waals surface area contributed by atoms with E-state index in [9.17, 15) is 0 Å². The van der Waals surface area contributed by atoms with Crippen molar-refractivity contribution in [2.75, 3.05) is 6.54 Å². The van der Waals surface area contributed by atoms with Gasteiger partial charge in [-0.2, -0.15) is 0 Å². The first-order chi connectivity index (χ1) is 8.74. The average Bonchev–Trinajstić information content (AvgIpc) is 2.88. The molecular weight excluding hydrogens is 290 g/mol. The van der Waals surface area contributed by atoms with Crippen molar-refractivity contribution >= 4 is 15.9 Å². The van der Waals surface area contributed by atoms with Crippen molar-refractivity contribution in [2.45, 2.75) is 26.3 Å². The van der Waals surface area contributed by atoms with E-state index in [0.717, 1.165) is 17.4 Å². The minimum Gasteiger partial charge on any atom is -0.472 e. The number of furan rings is 1. The summed E-state index contributed by atoms with van der Waals surface area (Å²) in [4.78, 5) is 0. The van der Waals surface area contributed by atoms with Crippen molar-refractivity contribution in [3.8, 4) is 0 Å².